The van der Waals surface area contributed by atoms with Crippen LogP contribution in [0.2, 0.25) is 0 Å². The van der Waals surface area contributed by atoms with Crippen molar-refractivity contribution in [3.8, 4) is 5.75 Å². The molecule has 1 fully saturated rings. The zero-order chi connectivity index (χ0) is 20.3. The lowest BCUT2D eigenvalue weighted by Gasteiger charge is -2.19. The quantitative estimate of drug-likeness (QED) is 0.355. The first-order chi connectivity index (χ1) is 13.4. The zero-order valence-corrected chi connectivity index (χ0v) is 19.0. The number of benzene rings is 2. The Morgan fingerprint density at radius 2 is 2.00 bits per heavy atom. The summed E-state index contributed by atoms with van der Waals surface area (Å²) in [6, 6.07) is 13.9. The average molecular weight is 507 g/mol. The van der Waals surface area contributed by atoms with Crippen molar-refractivity contribution in [2.24, 2.45) is 0 Å². The minimum Gasteiger partial charge on any atom is -0.488 e. The maximum atomic E-state index is 12.5. The third-order valence-electron chi connectivity index (χ3n) is 4.59. The van der Waals surface area contributed by atoms with Gasteiger partial charge in [0.1, 0.15) is 12.4 Å². The number of aryl methyl sites for hydroxylation is 1. The van der Waals surface area contributed by atoms with Crippen LogP contribution in [-0.4, -0.2) is 22.1 Å². The van der Waals surface area contributed by atoms with Gasteiger partial charge >= 0.3 is 0 Å². The van der Waals surface area contributed by atoms with Gasteiger partial charge in [0.2, 0.25) is 0 Å². The lowest BCUT2D eigenvalue weighted by Crippen LogP contribution is -2.36. The van der Waals surface area contributed by atoms with Crippen molar-refractivity contribution in [1.82, 2.24) is 4.90 Å². The predicted octanol–water partition coefficient (Wildman–Crippen LogP) is 6.01. The van der Waals surface area contributed by atoms with Gasteiger partial charge in [0.25, 0.3) is 11.1 Å². The third-order valence-corrected chi connectivity index (χ3v) is 6.31. The molecule has 0 bridgehead atoms. The van der Waals surface area contributed by atoms with E-state index in [4.69, 9.17) is 4.74 Å². The molecule has 1 aliphatic rings. The van der Waals surface area contributed by atoms with Crippen LogP contribution in [0.3, 0.4) is 0 Å². The van der Waals surface area contributed by atoms with Gasteiger partial charge in [0, 0.05) is 6.04 Å². The van der Waals surface area contributed by atoms with Crippen LogP contribution in [0.25, 0.3) is 6.08 Å². The van der Waals surface area contributed by atoms with E-state index in [1.807, 2.05) is 44.2 Å². The van der Waals surface area contributed by atoms with Gasteiger partial charge in [0.15, 0.2) is 0 Å². The van der Waals surface area contributed by atoms with Crippen molar-refractivity contribution in [2.75, 3.05) is 0 Å². The number of amides is 2. The van der Waals surface area contributed by atoms with Crippen LogP contribution in [0.1, 0.15) is 37.0 Å². The van der Waals surface area contributed by atoms with Gasteiger partial charge < -0.3 is 4.74 Å². The molecule has 0 spiro atoms. The van der Waals surface area contributed by atoms with Gasteiger partial charge in [-0.25, -0.2) is 0 Å². The number of thioether (sulfide) groups is 1. The van der Waals surface area contributed by atoms with Crippen molar-refractivity contribution in [1.29, 1.82) is 0 Å². The van der Waals surface area contributed by atoms with Gasteiger partial charge in [-0.3, -0.25) is 14.5 Å². The summed E-state index contributed by atoms with van der Waals surface area (Å²) in [4.78, 5) is 26.5. The highest BCUT2D eigenvalue weighted by atomic mass is 127. The second kappa shape index (κ2) is 9.13. The maximum absolute atomic E-state index is 12.5. The Hall–Kier alpha value is -1.80. The standard InChI is InChI=1S/C22H22INO3S/c1-4-15(3)24-21(25)20(28-22(24)26)12-16-8-9-19(18(23)11-16)27-13-17-7-5-6-14(2)10-17/h5-12,15H,4,13H2,1-3H3/b20-12+/t15-/m0/s1. The highest BCUT2D eigenvalue weighted by Crippen LogP contribution is 2.34. The Morgan fingerprint density at radius 3 is 2.68 bits per heavy atom. The minimum absolute atomic E-state index is 0.0871. The number of imide groups is 1. The number of carbonyl (C=O) groups is 2. The van der Waals surface area contributed by atoms with Crippen molar-refractivity contribution in [2.45, 2.75) is 39.8 Å². The first kappa shape index (κ1) is 20.9. The number of rotatable bonds is 6. The van der Waals surface area contributed by atoms with Gasteiger partial charge in [-0.1, -0.05) is 42.8 Å². The van der Waals surface area contributed by atoms with E-state index in [0.29, 0.717) is 11.5 Å². The van der Waals surface area contributed by atoms with E-state index < -0.39 is 0 Å². The Bertz CT molecular complexity index is 941. The molecule has 1 heterocycles. The van der Waals surface area contributed by atoms with Crippen molar-refractivity contribution in [3.63, 3.8) is 0 Å². The molecule has 2 aromatic rings. The summed E-state index contributed by atoms with van der Waals surface area (Å²) in [5.41, 5.74) is 3.21. The van der Waals surface area contributed by atoms with Crippen LogP contribution in [0.5, 0.6) is 5.75 Å². The van der Waals surface area contributed by atoms with E-state index in [1.165, 1.54) is 10.5 Å². The van der Waals surface area contributed by atoms with Crippen LogP contribution in [0, 0.1) is 10.5 Å². The first-order valence-electron chi connectivity index (χ1n) is 9.14. The molecule has 0 aromatic heterocycles. The summed E-state index contributed by atoms with van der Waals surface area (Å²) >= 11 is 3.23. The molecular weight excluding hydrogens is 485 g/mol. The molecule has 1 saturated heterocycles. The SMILES string of the molecule is CC[C@H](C)N1C(=O)S/C(=C/c2ccc(OCc3cccc(C)c3)c(I)c2)C1=O. The van der Waals surface area contributed by atoms with Crippen LogP contribution < -0.4 is 4.74 Å². The number of carbonyl (C=O) groups excluding carboxylic acids is 2. The van der Waals surface area contributed by atoms with Crippen molar-refractivity contribution < 1.29 is 14.3 Å². The molecule has 28 heavy (non-hydrogen) atoms. The van der Waals surface area contributed by atoms with Gasteiger partial charge in [-0.2, -0.15) is 0 Å². The lowest BCUT2D eigenvalue weighted by molar-refractivity contribution is -0.124. The molecule has 2 aromatic carbocycles. The minimum atomic E-state index is -0.209. The molecule has 146 valence electrons. The average Bonchev–Trinajstić information content (AvgIpc) is 2.94. The smallest absolute Gasteiger partial charge is 0.293 e. The molecule has 6 heteroatoms. The second-order valence-electron chi connectivity index (χ2n) is 6.78. The second-order valence-corrected chi connectivity index (χ2v) is 8.93. The molecule has 1 aliphatic heterocycles. The number of nitrogens with zero attached hydrogens (tertiary/aromatic N) is 1. The molecule has 0 unspecified atom stereocenters. The van der Waals surface area contributed by atoms with Crippen LogP contribution in [0.4, 0.5) is 4.79 Å². The molecule has 0 N–H and O–H groups in total. The molecule has 1 atom stereocenters. The molecule has 0 saturated carbocycles. The Balaban J connectivity index is 1.73. The van der Waals surface area contributed by atoms with Gasteiger partial charge in [-0.15, -0.1) is 0 Å². The Kier molecular flexibility index (Phi) is 6.82. The van der Waals surface area contributed by atoms with E-state index in [1.54, 1.807) is 6.08 Å². The van der Waals surface area contributed by atoms with Crippen LogP contribution in [-0.2, 0) is 11.4 Å². The summed E-state index contributed by atoms with van der Waals surface area (Å²) in [6.45, 7) is 6.42. The number of halogens is 1. The lowest BCUT2D eigenvalue weighted by atomic mass is 10.1. The molecule has 4 nitrogen and oxygen atoms in total. The van der Waals surface area contributed by atoms with Gasteiger partial charge in [-0.05, 0) is 84.0 Å². The van der Waals surface area contributed by atoms with Crippen LogP contribution in [0.15, 0.2) is 47.4 Å². The number of ether oxygens (including phenoxy) is 1. The molecule has 0 radical (unpaired) electrons. The summed E-state index contributed by atoms with van der Waals surface area (Å²) in [5.74, 6) is 0.589. The molecule has 3 rings (SSSR count). The van der Waals surface area contributed by atoms with Crippen LogP contribution >= 0.6 is 34.4 Å². The third kappa shape index (κ3) is 4.78. The number of hydrogen-bond acceptors (Lipinski definition) is 4. The normalized spacial score (nSPS) is 16.7. The summed E-state index contributed by atoms with van der Waals surface area (Å²) in [7, 11) is 0. The molecule has 0 aliphatic carbocycles. The molecule has 2 amide bonds. The van der Waals surface area contributed by atoms with Gasteiger partial charge in [0.05, 0.1) is 8.48 Å². The fourth-order valence-electron chi connectivity index (χ4n) is 2.88. The number of hydrogen-bond donors (Lipinski definition) is 0. The fraction of sp³-hybridized carbons (Fsp3) is 0.273. The summed E-state index contributed by atoms with van der Waals surface area (Å²) in [5, 5.41) is -0.196. The summed E-state index contributed by atoms with van der Waals surface area (Å²) < 4.78 is 6.90. The first-order valence-corrected chi connectivity index (χ1v) is 11.0. The predicted molar refractivity (Wildman–Crippen MR) is 122 cm³/mol. The van der Waals surface area contributed by atoms with E-state index in [0.717, 1.165) is 38.6 Å². The largest absolute Gasteiger partial charge is 0.488 e. The fourth-order valence-corrected chi connectivity index (χ4v) is 4.51. The Labute approximate surface area is 183 Å². The highest BCUT2D eigenvalue weighted by Gasteiger charge is 2.37. The topological polar surface area (TPSA) is 46.6 Å². The molecular formula is C22H22INO3S. The van der Waals surface area contributed by atoms with E-state index >= 15 is 0 Å². The summed E-state index contributed by atoms with van der Waals surface area (Å²) in [6.07, 6.45) is 2.52. The maximum Gasteiger partial charge on any atom is 0.293 e. The van der Waals surface area contributed by atoms with Crippen molar-refractivity contribution in [3.05, 3.63) is 67.6 Å². The van der Waals surface area contributed by atoms with Crippen molar-refractivity contribution >= 4 is 51.6 Å². The Morgan fingerprint density at radius 1 is 1.21 bits per heavy atom. The van der Waals surface area contributed by atoms with E-state index in [9.17, 15) is 9.59 Å². The monoisotopic (exact) mass is 507 g/mol. The van der Waals surface area contributed by atoms with E-state index in [-0.39, 0.29) is 17.2 Å². The highest BCUT2D eigenvalue weighted by molar-refractivity contribution is 14.1. The van der Waals surface area contributed by atoms with E-state index in [2.05, 4.69) is 41.6 Å². The zero-order valence-electron chi connectivity index (χ0n) is 16.1.